The molecular weight excluding hydrogens is 465 g/mol. The monoisotopic (exact) mass is 495 g/mol. The molecule has 0 saturated carbocycles. The lowest BCUT2D eigenvalue weighted by molar-refractivity contribution is -0.138. The molecule has 2 unspecified atom stereocenters. The van der Waals surface area contributed by atoms with Crippen LogP contribution < -0.4 is 14.4 Å². The van der Waals surface area contributed by atoms with Crippen LogP contribution in [-0.4, -0.2) is 34.3 Å². The van der Waals surface area contributed by atoms with Crippen molar-refractivity contribution in [1.82, 2.24) is 0 Å². The Balaban J connectivity index is 1.92. The lowest BCUT2D eigenvalue weighted by Gasteiger charge is -2.23. The Labute approximate surface area is 209 Å². The number of hydrogen-bond donors (Lipinski definition) is 2. The highest BCUT2D eigenvalue weighted by molar-refractivity contribution is 6.17. The largest absolute Gasteiger partial charge is 0.490 e. The van der Waals surface area contributed by atoms with E-state index in [0.717, 1.165) is 11.0 Å². The van der Waals surface area contributed by atoms with Gasteiger partial charge in [-0.2, -0.15) is 0 Å². The van der Waals surface area contributed by atoms with Crippen molar-refractivity contribution in [2.75, 3.05) is 4.90 Å². The van der Waals surface area contributed by atoms with Crippen LogP contribution in [0, 0.1) is 5.82 Å². The Hall–Kier alpha value is -3.65. The van der Waals surface area contributed by atoms with Crippen molar-refractivity contribution in [3.05, 3.63) is 65.0 Å². The number of aliphatic hydroxyl groups excluding tert-OH is 1. The summed E-state index contributed by atoms with van der Waals surface area (Å²) < 4.78 is 27.3. The van der Waals surface area contributed by atoms with Crippen molar-refractivity contribution in [3.63, 3.8) is 0 Å². The smallest absolute Gasteiger partial charge is 0.311 e. The highest BCUT2D eigenvalue weighted by Crippen LogP contribution is 2.50. The fraction of sp³-hybridized carbons (Fsp3) is 0.357. The van der Waals surface area contributed by atoms with Gasteiger partial charge in [0.25, 0.3) is 5.91 Å². The molecule has 0 radical (unpaired) electrons. The van der Waals surface area contributed by atoms with Crippen molar-refractivity contribution in [1.29, 1.82) is 0 Å². The van der Waals surface area contributed by atoms with Crippen LogP contribution in [0.25, 0.3) is 10.8 Å². The summed E-state index contributed by atoms with van der Waals surface area (Å²) >= 11 is 0. The van der Waals surface area contributed by atoms with Crippen LogP contribution in [-0.2, 0) is 4.79 Å². The number of halogens is 1. The predicted octanol–water partition coefficient (Wildman–Crippen LogP) is 5.78. The average molecular weight is 496 g/mol. The molecule has 3 aromatic rings. The summed E-state index contributed by atoms with van der Waals surface area (Å²) in [7, 11) is 0. The lowest BCUT2D eigenvalue weighted by atomic mass is 9.96. The molecule has 1 heterocycles. The van der Waals surface area contributed by atoms with E-state index in [2.05, 4.69) is 0 Å². The number of ether oxygens (including phenoxy) is 2. The minimum Gasteiger partial charge on any atom is -0.490 e. The number of rotatable bonds is 8. The quantitative estimate of drug-likeness (QED) is 0.411. The van der Waals surface area contributed by atoms with E-state index in [-0.39, 0.29) is 41.0 Å². The van der Waals surface area contributed by atoms with E-state index in [1.54, 1.807) is 6.92 Å². The fourth-order valence-corrected chi connectivity index (χ4v) is 4.67. The number of aliphatic carboxylic acids is 1. The van der Waals surface area contributed by atoms with Gasteiger partial charge in [-0.25, -0.2) is 4.39 Å². The number of hydrogen-bond acceptors (Lipinski definition) is 5. The summed E-state index contributed by atoms with van der Waals surface area (Å²) in [4.78, 5) is 26.4. The molecule has 190 valence electrons. The van der Waals surface area contributed by atoms with Crippen molar-refractivity contribution in [3.8, 4) is 11.5 Å². The zero-order chi connectivity index (χ0) is 26.3. The van der Waals surface area contributed by atoms with Gasteiger partial charge in [0.1, 0.15) is 17.3 Å². The van der Waals surface area contributed by atoms with Crippen LogP contribution in [0.3, 0.4) is 0 Å². The Kier molecular flexibility index (Phi) is 6.91. The van der Waals surface area contributed by atoms with E-state index in [1.807, 2.05) is 52.0 Å². The highest BCUT2D eigenvalue weighted by atomic mass is 19.1. The maximum absolute atomic E-state index is 15.1. The average Bonchev–Trinajstić information content (AvgIpc) is 3.07. The van der Waals surface area contributed by atoms with Gasteiger partial charge in [-0.15, -0.1) is 0 Å². The van der Waals surface area contributed by atoms with E-state index in [1.165, 1.54) is 12.1 Å². The Bertz CT molecular complexity index is 1340. The van der Waals surface area contributed by atoms with Gasteiger partial charge in [-0.1, -0.05) is 37.3 Å². The zero-order valence-corrected chi connectivity index (χ0v) is 20.9. The van der Waals surface area contributed by atoms with E-state index >= 15 is 4.39 Å². The van der Waals surface area contributed by atoms with Gasteiger partial charge in [0.15, 0.2) is 6.23 Å². The second kappa shape index (κ2) is 9.78. The molecule has 36 heavy (non-hydrogen) atoms. The number of amides is 1. The number of nitrogens with zero attached hydrogens (tertiary/aromatic N) is 1. The number of anilines is 1. The molecule has 1 aliphatic rings. The molecule has 1 aliphatic heterocycles. The summed E-state index contributed by atoms with van der Waals surface area (Å²) in [6, 6.07) is 11.2. The molecule has 2 N–H and O–H groups in total. The van der Waals surface area contributed by atoms with Crippen molar-refractivity contribution in [2.45, 2.75) is 65.4 Å². The number of carboxylic acids is 1. The maximum atomic E-state index is 15.1. The Morgan fingerprint density at radius 1 is 1.03 bits per heavy atom. The molecule has 0 saturated heterocycles. The van der Waals surface area contributed by atoms with Gasteiger partial charge in [0, 0.05) is 22.0 Å². The van der Waals surface area contributed by atoms with E-state index in [0.29, 0.717) is 22.3 Å². The summed E-state index contributed by atoms with van der Waals surface area (Å²) in [5, 5.41) is 22.2. The first-order valence-electron chi connectivity index (χ1n) is 12.0. The molecule has 4 rings (SSSR count). The van der Waals surface area contributed by atoms with Crippen molar-refractivity contribution in [2.24, 2.45) is 0 Å². The lowest BCUT2D eigenvalue weighted by Crippen LogP contribution is -2.28. The van der Waals surface area contributed by atoms with Crippen LogP contribution >= 0.6 is 0 Å². The van der Waals surface area contributed by atoms with Gasteiger partial charge in [0.2, 0.25) is 0 Å². The van der Waals surface area contributed by atoms with Crippen LogP contribution in [0.5, 0.6) is 11.5 Å². The van der Waals surface area contributed by atoms with Crippen LogP contribution in [0.1, 0.15) is 74.7 Å². The predicted molar refractivity (Wildman–Crippen MR) is 134 cm³/mol. The first-order valence-corrected chi connectivity index (χ1v) is 12.0. The van der Waals surface area contributed by atoms with Crippen LogP contribution in [0.2, 0.25) is 0 Å². The number of carboxylic acid groups (broad SMARTS) is 1. The first kappa shape index (κ1) is 25.4. The van der Waals surface area contributed by atoms with Gasteiger partial charge >= 0.3 is 5.97 Å². The standard InChI is InChI=1S/C28H30FNO6/c1-6-17(28(33)34)18-12-11-16(13-21(18)29)30-26(31)22-23(27(30)32)25(36-15(4)5)20-10-8-7-9-19(20)24(22)35-14(2)3/h7-15,17,26,31H,6H2,1-5H3,(H,33,34). The summed E-state index contributed by atoms with van der Waals surface area (Å²) in [6.07, 6.45) is -1.76. The minimum atomic E-state index is -1.47. The highest BCUT2D eigenvalue weighted by Gasteiger charge is 2.44. The second-order valence-electron chi connectivity index (χ2n) is 9.38. The number of aliphatic hydroxyl groups is 1. The molecule has 8 heteroatoms. The Morgan fingerprint density at radius 2 is 1.61 bits per heavy atom. The molecule has 7 nitrogen and oxygen atoms in total. The maximum Gasteiger partial charge on any atom is 0.311 e. The van der Waals surface area contributed by atoms with E-state index < -0.39 is 29.8 Å². The SMILES string of the molecule is CCC(C(=O)O)c1ccc(N2C(=O)c3c(c(OC(C)C)c4ccccc4c3OC(C)C)C2O)cc1F. The van der Waals surface area contributed by atoms with E-state index in [9.17, 15) is 19.8 Å². The van der Waals surface area contributed by atoms with Gasteiger partial charge in [-0.3, -0.25) is 14.5 Å². The minimum absolute atomic E-state index is 0.0193. The molecule has 1 amide bonds. The summed E-state index contributed by atoms with van der Waals surface area (Å²) in [5.74, 6) is -2.79. The fourth-order valence-electron chi connectivity index (χ4n) is 4.67. The third kappa shape index (κ3) is 4.26. The Morgan fingerprint density at radius 3 is 2.14 bits per heavy atom. The molecule has 0 spiro atoms. The van der Waals surface area contributed by atoms with Gasteiger partial charge in [-0.05, 0) is 46.2 Å². The van der Waals surface area contributed by atoms with Crippen LogP contribution in [0.4, 0.5) is 10.1 Å². The zero-order valence-electron chi connectivity index (χ0n) is 20.9. The topological polar surface area (TPSA) is 96.3 Å². The number of carbonyl (C=O) groups is 2. The molecule has 2 atom stereocenters. The molecular formula is C28H30FNO6. The van der Waals surface area contributed by atoms with Gasteiger partial charge in [0.05, 0.1) is 29.3 Å². The van der Waals surface area contributed by atoms with Crippen molar-refractivity contribution >= 4 is 28.3 Å². The number of benzene rings is 3. The second-order valence-corrected chi connectivity index (χ2v) is 9.38. The number of fused-ring (bicyclic) bond motifs is 2. The number of carbonyl (C=O) groups excluding carboxylic acids is 1. The van der Waals surface area contributed by atoms with Crippen molar-refractivity contribution < 1.29 is 33.7 Å². The third-order valence-electron chi connectivity index (χ3n) is 6.14. The normalized spacial score (nSPS) is 16.1. The summed E-state index contributed by atoms with van der Waals surface area (Å²) in [5.41, 5.74) is 0.530. The molecule has 0 aromatic heterocycles. The molecule has 0 bridgehead atoms. The molecule has 3 aromatic carbocycles. The first-order chi connectivity index (χ1) is 17.1. The van der Waals surface area contributed by atoms with E-state index in [4.69, 9.17) is 9.47 Å². The molecule has 0 aliphatic carbocycles. The van der Waals surface area contributed by atoms with Crippen LogP contribution in [0.15, 0.2) is 42.5 Å². The van der Waals surface area contributed by atoms with Gasteiger partial charge < -0.3 is 19.7 Å². The third-order valence-corrected chi connectivity index (χ3v) is 6.14. The summed E-state index contributed by atoms with van der Waals surface area (Å²) in [6.45, 7) is 9.04. The molecule has 0 fully saturated rings.